The average molecular weight is 374 g/mol. The first-order chi connectivity index (χ1) is 13.0. The van der Waals surface area contributed by atoms with Crippen LogP contribution in [0.5, 0.6) is 5.75 Å². The van der Waals surface area contributed by atoms with Crippen molar-refractivity contribution < 1.29 is 19.1 Å². The molecule has 1 aromatic carbocycles. The first kappa shape index (κ1) is 19.7. The van der Waals surface area contributed by atoms with E-state index >= 15 is 0 Å². The predicted octanol–water partition coefficient (Wildman–Crippen LogP) is 2.33. The monoisotopic (exact) mass is 374 g/mol. The summed E-state index contributed by atoms with van der Waals surface area (Å²) in [5.41, 5.74) is 0.0322. The van der Waals surface area contributed by atoms with E-state index in [1.54, 1.807) is 14.0 Å². The zero-order valence-electron chi connectivity index (χ0n) is 16.4. The summed E-state index contributed by atoms with van der Waals surface area (Å²) >= 11 is 0. The number of para-hydroxylation sites is 1. The Morgan fingerprint density at radius 3 is 2.59 bits per heavy atom. The van der Waals surface area contributed by atoms with Gasteiger partial charge in [0.1, 0.15) is 5.75 Å². The molecule has 0 N–H and O–H groups in total. The molecule has 1 aromatic rings. The van der Waals surface area contributed by atoms with Crippen molar-refractivity contribution in [2.24, 2.45) is 5.41 Å². The molecule has 0 radical (unpaired) electrons. The number of benzene rings is 1. The number of methoxy groups -OCH3 is 1. The summed E-state index contributed by atoms with van der Waals surface area (Å²) in [7, 11) is 1.68. The molecule has 0 bridgehead atoms. The Morgan fingerprint density at radius 2 is 1.93 bits per heavy atom. The highest BCUT2D eigenvalue weighted by atomic mass is 16.5. The molecule has 2 saturated heterocycles. The molecule has 3 rings (SSSR count). The molecule has 0 unspecified atom stereocenters. The van der Waals surface area contributed by atoms with Crippen molar-refractivity contribution in [1.82, 2.24) is 9.80 Å². The molecule has 6 nitrogen and oxygen atoms in total. The fourth-order valence-electron chi connectivity index (χ4n) is 4.13. The Hall–Kier alpha value is -2.08. The lowest BCUT2D eigenvalue weighted by atomic mass is 9.77. The molecule has 0 saturated carbocycles. The topological polar surface area (TPSA) is 59.1 Å². The molecular formula is C21H30N2O4. The molecular weight excluding hydrogens is 344 g/mol. The molecule has 2 amide bonds. The van der Waals surface area contributed by atoms with Crippen molar-refractivity contribution in [2.45, 2.75) is 38.7 Å². The number of hydrogen-bond acceptors (Lipinski definition) is 4. The second kappa shape index (κ2) is 8.74. The Labute approximate surface area is 161 Å². The van der Waals surface area contributed by atoms with Crippen molar-refractivity contribution in [3.05, 3.63) is 30.3 Å². The number of hydrogen-bond donors (Lipinski definition) is 0. The molecule has 6 heteroatoms. The van der Waals surface area contributed by atoms with E-state index in [2.05, 4.69) is 0 Å². The molecule has 0 aromatic heterocycles. The van der Waals surface area contributed by atoms with Crippen molar-refractivity contribution in [2.75, 3.05) is 39.9 Å². The van der Waals surface area contributed by atoms with Crippen molar-refractivity contribution in [3.8, 4) is 5.75 Å². The average Bonchev–Trinajstić information content (AvgIpc) is 2.98. The molecule has 2 fully saturated rings. The van der Waals surface area contributed by atoms with Gasteiger partial charge >= 0.3 is 0 Å². The number of ether oxygens (including phenoxy) is 2. The Kier molecular flexibility index (Phi) is 6.37. The van der Waals surface area contributed by atoms with Gasteiger partial charge in [0.05, 0.1) is 0 Å². The molecule has 148 valence electrons. The number of likely N-dealkylation sites (tertiary alicyclic amines) is 2. The summed E-state index contributed by atoms with van der Waals surface area (Å²) in [4.78, 5) is 28.9. The fourth-order valence-corrected chi connectivity index (χ4v) is 4.13. The van der Waals surface area contributed by atoms with E-state index in [0.29, 0.717) is 31.9 Å². The van der Waals surface area contributed by atoms with E-state index in [9.17, 15) is 9.59 Å². The maximum absolute atomic E-state index is 12.7. The van der Waals surface area contributed by atoms with Crippen LogP contribution in [0.2, 0.25) is 0 Å². The molecule has 2 heterocycles. The SMILES string of the molecule is COCCCN1CC2(CCN(C(=O)[C@H](C)Oc3ccccc3)CC2)CC1=O. The quantitative estimate of drug-likeness (QED) is 0.688. The van der Waals surface area contributed by atoms with E-state index in [4.69, 9.17) is 9.47 Å². The second-order valence-corrected chi connectivity index (χ2v) is 7.74. The van der Waals surface area contributed by atoms with Crippen LogP contribution >= 0.6 is 0 Å². The molecule has 1 atom stereocenters. The number of amides is 2. The van der Waals surface area contributed by atoms with Gasteiger partial charge in [0.2, 0.25) is 5.91 Å². The van der Waals surface area contributed by atoms with Crippen LogP contribution in [-0.4, -0.2) is 67.6 Å². The van der Waals surface area contributed by atoms with Crippen molar-refractivity contribution in [1.29, 1.82) is 0 Å². The first-order valence-corrected chi connectivity index (χ1v) is 9.80. The van der Waals surface area contributed by atoms with Gasteiger partial charge in [0.15, 0.2) is 6.10 Å². The third-order valence-corrected chi connectivity index (χ3v) is 5.72. The van der Waals surface area contributed by atoms with Gasteiger partial charge in [-0.25, -0.2) is 0 Å². The van der Waals surface area contributed by atoms with Crippen LogP contribution in [0.3, 0.4) is 0 Å². The predicted molar refractivity (Wildman–Crippen MR) is 102 cm³/mol. The highest BCUT2D eigenvalue weighted by Gasteiger charge is 2.45. The Morgan fingerprint density at radius 1 is 1.22 bits per heavy atom. The lowest BCUT2D eigenvalue weighted by Gasteiger charge is -2.39. The van der Waals surface area contributed by atoms with Gasteiger partial charge < -0.3 is 19.3 Å². The number of rotatable bonds is 7. The van der Waals surface area contributed by atoms with Crippen LogP contribution in [0.15, 0.2) is 30.3 Å². The molecule has 0 aliphatic carbocycles. The minimum absolute atomic E-state index is 0.0231. The summed E-state index contributed by atoms with van der Waals surface area (Å²) < 4.78 is 10.9. The van der Waals surface area contributed by atoms with Gasteiger partial charge in [-0.15, -0.1) is 0 Å². The third-order valence-electron chi connectivity index (χ3n) is 5.72. The summed E-state index contributed by atoms with van der Waals surface area (Å²) in [6, 6.07) is 9.43. The van der Waals surface area contributed by atoms with Crippen LogP contribution < -0.4 is 4.74 Å². The number of carbonyl (C=O) groups excluding carboxylic acids is 2. The largest absolute Gasteiger partial charge is 0.481 e. The number of carbonyl (C=O) groups is 2. The smallest absolute Gasteiger partial charge is 0.263 e. The maximum atomic E-state index is 12.7. The summed E-state index contributed by atoms with van der Waals surface area (Å²) in [5.74, 6) is 0.974. The second-order valence-electron chi connectivity index (χ2n) is 7.74. The van der Waals surface area contributed by atoms with Gasteiger partial charge in [-0.1, -0.05) is 18.2 Å². The van der Waals surface area contributed by atoms with E-state index in [1.807, 2.05) is 40.1 Å². The minimum Gasteiger partial charge on any atom is -0.481 e. The normalized spacial score (nSPS) is 20.1. The highest BCUT2D eigenvalue weighted by Crippen LogP contribution is 2.41. The van der Waals surface area contributed by atoms with Crippen LogP contribution in [0, 0.1) is 5.41 Å². The van der Waals surface area contributed by atoms with Gasteiger partial charge in [0, 0.05) is 51.7 Å². The van der Waals surface area contributed by atoms with Crippen LogP contribution in [0.1, 0.15) is 32.6 Å². The first-order valence-electron chi connectivity index (χ1n) is 9.80. The van der Waals surface area contributed by atoms with E-state index in [1.165, 1.54) is 0 Å². The van der Waals surface area contributed by atoms with Crippen LogP contribution in [0.4, 0.5) is 0 Å². The van der Waals surface area contributed by atoms with Gasteiger partial charge in [-0.2, -0.15) is 0 Å². The lowest BCUT2D eigenvalue weighted by Crippen LogP contribution is -2.48. The molecule has 2 aliphatic rings. The minimum atomic E-state index is -0.503. The molecule has 1 spiro atoms. The van der Waals surface area contributed by atoms with E-state index < -0.39 is 6.10 Å². The maximum Gasteiger partial charge on any atom is 0.263 e. The number of nitrogens with zero attached hydrogens (tertiary/aromatic N) is 2. The fraction of sp³-hybridized carbons (Fsp3) is 0.619. The molecule has 27 heavy (non-hydrogen) atoms. The van der Waals surface area contributed by atoms with Gasteiger partial charge in [-0.3, -0.25) is 9.59 Å². The zero-order chi connectivity index (χ0) is 19.3. The van der Waals surface area contributed by atoms with Crippen molar-refractivity contribution in [3.63, 3.8) is 0 Å². The Bertz CT molecular complexity index is 641. The van der Waals surface area contributed by atoms with E-state index in [0.717, 1.165) is 32.4 Å². The highest BCUT2D eigenvalue weighted by molar-refractivity contribution is 5.81. The van der Waals surface area contributed by atoms with Crippen LogP contribution in [0.25, 0.3) is 0 Å². The van der Waals surface area contributed by atoms with Crippen LogP contribution in [-0.2, 0) is 14.3 Å². The van der Waals surface area contributed by atoms with E-state index in [-0.39, 0.29) is 17.2 Å². The summed E-state index contributed by atoms with van der Waals surface area (Å²) in [6.45, 7) is 5.45. The summed E-state index contributed by atoms with van der Waals surface area (Å²) in [6.07, 6.45) is 2.74. The molecule has 2 aliphatic heterocycles. The van der Waals surface area contributed by atoms with Gasteiger partial charge in [-0.05, 0) is 38.3 Å². The third kappa shape index (κ3) is 4.80. The van der Waals surface area contributed by atoms with Gasteiger partial charge in [0.25, 0.3) is 5.91 Å². The standard InChI is InChI=1S/C21H30N2O4/c1-17(27-18-7-4-3-5-8-18)20(25)22-12-9-21(10-13-22)15-19(24)23(16-21)11-6-14-26-2/h3-5,7-8,17H,6,9-16H2,1-2H3/t17-/m0/s1. The summed E-state index contributed by atoms with van der Waals surface area (Å²) in [5, 5.41) is 0. The van der Waals surface area contributed by atoms with Crippen molar-refractivity contribution >= 4 is 11.8 Å². The zero-order valence-corrected chi connectivity index (χ0v) is 16.4. The Balaban J connectivity index is 1.49. The number of piperidine rings is 1. The lowest BCUT2D eigenvalue weighted by molar-refractivity contribution is -0.140.